The SMILES string of the molecule is Nc1nc(/C(=N/O)C(=O)NC2C(=O)N3C(C(=O)S)=C(CCNS(=O)(=O)CCl)CS[C@H]23)cs1. The molecule has 2 atom stereocenters. The lowest BCUT2D eigenvalue weighted by Crippen LogP contribution is -2.70. The number of anilines is 1. The highest BCUT2D eigenvalue weighted by Crippen LogP contribution is 2.41. The number of nitrogens with one attached hydrogen (secondary N) is 2. The van der Waals surface area contributed by atoms with Gasteiger partial charge in [-0.05, 0) is 12.0 Å². The summed E-state index contributed by atoms with van der Waals surface area (Å²) in [6.07, 6.45) is 0.171. The van der Waals surface area contributed by atoms with E-state index in [1.807, 2.05) is 0 Å². The quantitative estimate of drug-likeness (QED) is 0.0689. The monoisotopic (exact) mass is 540 g/mol. The number of alkyl halides is 1. The number of nitrogens with zero attached hydrogens (tertiary/aromatic N) is 3. The molecule has 3 rings (SSSR count). The number of amides is 2. The van der Waals surface area contributed by atoms with Crippen molar-refractivity contribution >= 4 is 85.1 Å². The maximum Gasteiger partial charge on any atom is 0.276 e. The van der Waals surface area contributed by atoms with Crippen LogP contribution in [0.5, 0.6) is 0 Å². The van der Waals surface area contributed by atoms with Crippen LogP contribution in [0.3, 0.4) is 0 Å². The number of β-lactam (4-membered cyclic amide) rings is 1. The van der Waals surface area contributed by atoms with E-state index in [0.29, 0.717) is 11.3 Å². The van der Waals surface area contributed by atoms with Crippen LogP contribution >= 0.6 is 47.3 Å². The number of thioether (sulfide) groups is 1. The van der Waals surface area contributed by atoms with Gasteiger partial charge in [-0.25, -0.2) is 18.1 Å². The van der Waals surface area contributed by atoms with Crippen LogP contribution in [0.15, 0.2) is 21.8 Å². The predicted octanol–water partition coefficient (Wildman–Crippen LogP) is -0.480. The van der Waals surface area contributed by atoms with Gasteiger partial charge in [0.1, 0.15) is 22.3 Å². The molecule has 1 fully saturated rings. The number of hydrogen-bond acceptors (Lipinski definition) is 11. The first kappa shape index (κ1) is 24.8. The summed E-state index contributed by atoms with van der Waals surface area (Å²) in [6, 6.07) is -0.973. The second-order valence-corrected chi connectivity index (χ2v) is 11.3. The van der Waals surface area contributed by atoms with Gasteiger partial charge >= 0.3 is 0 Å². The van der Waals surface area contributed by atoms with Gasteiger partial charge in [-0.1, -0.05) is 17.8 Å². The predicted molar refractivity (Wildman–Crippen MR) is 123 cm³/mol. The van der Waals surface area contributed by atoms with Crippen LogP contribution in [-0.2, 0) is 24.4 Å². The first-order valence-electron chi connectivity index (χ1n) is 8.77. The van der Waals surface area contributed by atoms with Crippen molar-refractivity contribution in [1.29, 1.82) is 0 Å². The van der Waals surface area contributed by atoms with Crippen molar-refractivity contribution in [2.75, 3.05) is 23.2 Å². The summed E-state index contributed by atoms with van der Waals surface area (Å²) < 4.78 is 25.2. The van der Waals surface area contributed by atoms with Crippen LogP contribution < -0.4 is 15.8 Å². The molecule has 1 aromatic heterocycles. The molecular formula is C15H17ClN6O6S4. The molecule has 1 unspecified atom stereocenters. The van der Waals surface area contributed by atoms with E-state index >= 15 is 0 Å². The van der Waals surface area contributed by atoms with Crippen LogP contribution in [0.1, 0.15) is 12.1 Å². The van der Waals surface area contributed by atoms with Crippen molar-refractivity contribution in [2.24, 2.45) is 5.16 Å². The van der Waals surface area contributed by atoms with Gasteiger partial charge in [0.05, 0.1) is 5.70 Å². The molecule has 32 heavy (non-hydrogen) atoms. The van der Waals surface area contributed by atoms with Gasteiger partial charge < -0.3 is 16.3 Å². The molecule has 2 aliphatic rings. The van der Waals surface area contributed by atoms with Crippen LogP contribution in [0.25, 0.3) is 0 Å². The van der Waals surface area contributed by atoms with Crippen molar-refractivity contribution in [1.82, 2.24) is 19.9 Å². The minimum absolute atomic E-state index is 0.00450. The van der Waals surface area contributed by atoms with Gasteiger partial charge in [0.2, 0.25) is 15.1 Å². The summed E-state index contributed by atoms with van der Waals surface area (Å²) in [6.45, 7) is -0.00450. The summed E-state index contributed by atoms with van der Waals surface area (Å²) in [4.78, 5) is 42.5. The zero-order valence-corrected chi connectivity index (χ0v) is 20.1. The van der Waals surface area contributed by atoms with E-state index in [4.69, 9.17) is 17.3 Å². The molecule has 0 aliphatic carbocycles. The fraction of sp³-hybridized carbons (Fsp3) is 0.400. The maximum atomic E-state index is 12.7. The largest absolute Gasteiger partial charge is 0.410 e. The maximum absolute atomic E-state index is 12.7. The first-order valence-corrected chi connectivity index (χ1v) is 13.3. The molecule has 12 nitrogen and oxygen atoms in total. The highest BCUT2D eigenvalue weighted by molar-refractivity contribution is 8.00. The minimum atomic E-state index is -3.62. The molecule has 0 radical (unpaired) electrons. The number of carbonyl (C=O) groups is 3. The molecule has 3 heterocycles. The van der Waals surface area contributed by atoms with Gasteiger partial charge in [-0.15, -0.1) is 34.7 Å². The number of thiol groups is 1. The number of thiazole rings is 1. The number of fused-ring (bicyclic) bond motifs is 1. The van der Waals surface area contributed by atoms with Gasteiger partial charge in [0.15, 0.2) is 10.8 Å². The van der Waals surface area contributed by atoms with E-state index in [9.17, 15) is 28.0 Å². The Kier molecular flexibility index (Phi) is 7.72. The lowest BCUT2D eigenvalue weighted by molar-refractivity contribution is -0.146. The van der Waals surface area contributed by atoms with Crippen LogP contribution in [-0.4, -0.2) is 75.1 Å². The Morgan fingerprint density at radius 3 is 2.75 bits per heavy atom. The van der Waals surface area contributed by atoms with E-state index in [1.165, 1.54) is 22.0 Å². The summed E-state index contributed by atoms with van der Waals surface area (Å²) in [7, 11) is -3.62. The van der Waals surface area contributed by atoms with E-state index in [0.717, 1.165) is 11.3 Å². The Hall–Kier alpha value is -1.85. The number of nitrogen functional groups attached to an aromatic ring is 1. The number of oxime groups is 1. The zero-order chi connectivity index (χ0) is 23.6. The van der Waals surface area contributed by atoms with Crippen LogP contribution in [0, 0.1) is 0 Å². The molecule has 0 bridgehead atoms. The number of hydrogen-bond donors (Lipinski definition) is 5. The van der Waals surface area contributed by atoms with E-state index in [2.05, 4.69) is 32.8 Å². The molecule has 0 spiro atoms. The lowest BCUT2D eigenvalue weighted by Gasteiger charge is -2.49. The molecule has 0 saturated carbocycles. The number of nitrogens with two attached hydrogens (primary N) is 1. The standard InChI is InChI=1S/C15H17ClN6O6S4/c16-5-32(27,28)18-2-1-6-3-30-13-9(12(24)22(13)10(6)14(25)29)20-11(23)8(21-26)7-4-31-15(17)19-7/h4,9,13,18,26H,1-3,5H2,(H2,17,19)(H,20,23)(H,25,29)/b21-8-/t9?,13-/m1/s1. The van der Waals surface area contributed by atoms with Crippen LogP contribution in [0.2, 0.25) is 0 Å². The summed E-state index contributed by atoms with van der Waals surface area (Å²) in [5.41, 5.74) is 5.78. The van der Waals surface area contributed by atoms with Crippen LogP contribution in [0.4, 0.5) is 5.13 Å². The molecule has 5 N–H and O–H groups in total. The number of halogens is 1. The molecule has 1 aromatic rings. The zero-order valence-electron chi connectivity index (χ0n) is 16.0. The second-order valence-electron chi connectivity index (χ2n) is 6.51. The third-order valence-corrected chi connectivity index (χ3v) is 8.53. The first-order chi connectivity index (χ1) is 15.1. The molecule has 0 aromatic carbocycles. The van der Waals surface area contributed by atoms with E-state index in [-0.39, 0.29) is 29.5 Å². The van der Waals surface area contributed by atoms with E-state index in [1.54, 1.807) is 0 Å². The average Bonchev–Trinajstić information content (AvgIpc) is 3.17. The fourth-order valence-corrected chi connectivity index (χ4v) is 6.01. The fourth-order valence-electron chi connectivity index (χ4n) is 3.09. The Balaban J connectivity index is 1.72. The number of sulfonamides is 1. The lowest BCUT2D eigenvalue weighted by atomic mass is 10.0. The van der Waals surface area contributed by atoms with Crippen molar-refractivity contribution in [3.05, 3.63) is 22.3 Å². The van der Waals surface area contributed by atoms with Gasteiger partial charge in [-0.2, -0.15) is 0 Å². The Bertz CT molecular complexity index is 1120. The molecule has 2 aliphatic heterocycles. The summed E-state index contributed by atoms with van der Waals surface area (Å²) in [5, 5.41) is 14.4. The third kappa shape index (κ3) is 5.04. The number of rotatable bonds is 9. The smallest absolute Gasteiger partial charge is 0.276 e. The minimum Gasteiger partial charge on any atom is -0.410 e. The van der Waals surface area contributed by atoms with Gasteiger partial charge in [0, 0.05) is 17.7 Å². The molecule has 2 amide bonds. The van der Waals surface area contributed by atoms with Crippen molar-refractivity contribution < 1.29 is 28.0 Å². The normalized spacial score (nSPS) is 21.2. The van der Waals surface area contributed by atoms with Crippen molar-refractivity contribution in [2.45, 2.75) is 17.8 Å². The summed E-state index contributed by atoms with van der Waals surface area (Å²) >= 11 is 11.5. The van der Waals surface area contributed by atoms with E-state index < -0.39 is 49.3 Å². The molecule has 174 valence electrons. The number of carbonyl (C=O) groups excluding carboxylic acids is 3. The third-order valence-electron chi connectivity index (χ3n) is 4.51. The van der Waals surface area contributed by atoms with Gasteiger partial charge in [0.25, 0.3) is 11.8 Å². The highest BCUT2D eigenvalue weighted by atomic mass is 35.5. The second kappa shape index (κ2) is 9.96. The average molecular weight is 541 g/mol. The van der Waals surface area contributed by atoms with Crippen molar-refractivity contribution in [3.8, 4) is 0 Å². The molecule has 17 heteroatoms. The summed E-state index contributed by atoms with van der Waals surface area (Å²) in [5.74, 6) is -1.07. The van der Waals surface area contributed by atoms with Crippen molar-refractivity contribution in [3.63, 3.8) is 0 Å². The Morgan fingerprint density at radius 1 is 1.47 bits per heavy atom. The molecule has 1 saturated heterocycles. The highest BCUT2D eigenvalue weighted by Gasteiger charge is 2.53. The Labute approximate surface area is 201 Å². The number of aromatic nitrogens is 1. The van der Waals surface area contributed by atoms with Gasteiger partial charge in [-0.3, -0.25) is 19.3 Å². The Morgan fingerprint density at radius 2 is 2.19 bits per heavy atom. The molecular weight excluding hydrogens is 524 g/mol. The topological polar surface area (TPSA) is 184 Å².